The monoisotopic (exact) mass is 218 g/mol. The maximum Gasteiger partial charge on any atom is 0.270 e. The zero-order chi connectivity index (χ0) is 11.4. The molecule has 0 aliphatic heterocycles. The molecule has 2 aromatic heterocycles. The number of H-pyrrole nitrogens is 1. The van der Waals surface area contributed by atoms with Crippen molar-refractivity contribution in [1.29, 1.82) is 0 Å². The van der Waals surface area contributed by atoms with Crippen molar-refractivity contribution in [2.24, 2.45) is 0 Å². The fraction of sp³-hybridized carbons (Fsp3) is 0.222. The number of aromatic amines is 1. The summed E-state index contributed by atoms with van der Waals surface area (Å²) < 4.78 is 0. The Balaban J connectivity index is 2.03. The van der Waals surface area contributed by atoms with Crippen LogP contribution in [-0.2, 0) is 0 Å². The van der Waals surface area contributed by atoms with Gasteiger partial charge in [0.2, 0.25) is 0 Å². The predicted octanol–water partition coefficient (Wildman–Crippen LogP) is 0.0857. The third-order valence-electron chi connectivity index (χ3n) is 1.99. The topological polar surface area (TPSA) is 96.5 Å². The van der Waals surface area contributed by atoms with Gasteiger partial charge in [0.05, 0.1) is 6.04 Å². The molecule has 0 aliphatic carbocycles. The molecule has 0 bridgehead atoms. The number of aromatic nitrogens is 5. The fourth-order valence-corrected chi connectivity index (χ4v) is 1.19. The average Bonchev–Trinajstić information content (AvgIpc) is 2.83. The minimum atomic E-state index is -0.312. The van der Waals surface area contributed by atoms with Gasteiger partial charge in [0.1, 0.15) is 5.69 Å². The number of rotatable bonds is 3. The summed E-state index contributed by atoms with van der Waals surface area (Å²) in [4.78, 5) is 15.6. The Morgan fingerprint density at radius 2 is 2.38 bits per heavy atom. The molecule has 0 aliphatic rings. The van der Waals surface area contributed by atoms with E-state index in [4.69, 9.17) is 0 Å². The van der Waals surface area contributed by atoms with Crippen molar-refractivity contribution < 1.29 is 4.79 Å². The zero-order valence-corrected chi connectivity index (χ0v) is 8.58. The van der Waals surface area contributed by atoms with Crippen molar-refractivity contribution in [2.75, 3.05) is 0 Å². The van der Waals surface area contributed by atoms with Gasteiger partial charge < -0.3 is 5.32 Å². The van der Waals surface area contributed by atoms with Crippen LogP contribution in [0, 0.1) is 0 Å². The predicted molar refractivity (Wildman–Crippen MR) is 54.3 cm³/mol. The first-order valence-corrected chi connectivity index (χ1v) is 4.72. The van der Waals surface area contributed by atoms with Crippen LogP contribution in [-0.4, -0.2) is 31.5 Å². The van der Waals surface area contributed by atoms with Crippen LogP contribution >= 0.6 is 0 Å². The van der Waals surface area contributed by atoms with Crippen LogP contribution in [0.3, 0.4) is 0 Å². The molecule has 7 nitrogen and oxygen atoms in total. The normalized spacial score (nSPS) is 12.1. The molecule has 0 aromatic carbocycles. The average molecular weight is 218 g/mol. The number of pyridine rings is 1. The van der Waals surface area contributed by atoms with Gasteiger partial charge in [-0.1, -0.05) is 11.3 Å². The SMILES string of the molecule is CC(NC(=O)c1ccccn1)c1nn[nH]n1. The Kier molecular flexibility index (Phi) is 2.86. The molecule has 2 rings (SSSR count). The summed E-state index contributed by atoms with van der Waals surface area (Å²) in [6.45, 7) is 1.77. The second kappa shape index (κ2) is 4.47. The summed E-state index contributed by atoms with van der Waals surface area (Å²) in [5.74, 6) is 0.169. The lowest BCUT2D eigenvalue weighted by molar-refractivity contribution is 0.0933. The van der Waals surface area contributed by atoms with E-state index in [0.29, 0.717) is 11.5 Å². The Hall–Kier alpha value is -2.31. The lowest BCUT2D eigenvalue weighted by atomic mass is 10.3. The Bertz CT molecular complexity index is 454. The lowest BCUT2D eigenvalue weighted by Crippen LogP contribution is -2.28. The first-order valence-electron chi connectivity index (χ1n) is 4.72. The molecule has 0 fully saturated rings. The minimum Gasteiger partial charge on any atom is -0.341 e. The van der Waals surface area contributed by atoms with Crippen molar-refractivity contribution in [3.8, 4) is 0 Å². The van der Waals surface area contributed by atoms with Crippen LogP contribution < -0.4 is 5.32 Å². The molecule has 82 valence electrons. The van der Waals surface area contributed by atoms with Crippen molar-refractivity contribution in [2.45, 2.75) is 13.0 Å². The molecule has 0 spiro atoms. The van der Waals surface area contributed by atoms with E-state index in [1.54, 1.807) is 31.3 Å². The van der Waals surface area contributed by atoms with Gasteiger partial charge in [0, 0.05) is 6.20 Å². The summed E-state index contributed by atoms with van der Waals surface area (Å²) in [7, 11) is 0. The molecule has 16 heavy (non-hydrogen) atoms. The summed E-state index contributed by atoms with van der Waals surface area (Å²) in [6.07, 6.45) is 1.56. The quantitative estimate of drug-likeness (QED) is 0.760. The third-order valence-corrected chi connectivity index (χ3v) is 1.99. The van der Waals surface area contributed by atoms with Crippen molar-refractivity contribution >= 4 is 5.91 Å². The van der Waals surface area contributed by atoms with Crippen LogP contribution in [0.25, 0.3) is 0 Å². The molecule has 7 heteroatoms. The molecule has 0 radical (unpaired) electrons. The van der Waals surface area contributed by atoms with Gasteiger partial charge in [-0.15, -0.1) is 10.2 Å². The number of hydrogen-bond acceptors (Lipinski definition) is 5. The molecule has 2 heterocycles. The van der Waals surface area contributed by atoms with Gasteiger partial charge in [-0.2, -0.15) is 5.21 Å². The number of tetrazole rings is 1. The van der Waals surface area contributed by atoms with Gasteiger partial charge in [0.25, 0.3) is 5.91 Å². The maximum atomic E-state index is 11.7. The second-order valence-corrected chi connectivity index (χ2v) is 3.18. The van der Waals surface area contributed by atoms with E-state index >= 15 is 0 Å². The highest BCUT2D eigenvalue weighted by Crippen LogP contribution is 2.04. The van der Waals surface area contributed by atoms with Crippen LogP contribution in [0.2, 0.25) is 0 Å². The third kappa shape index (κ3) is 2.19. The van der Waals surface area contributed by atoms with Crippen LogP contribution in [0.4, 0.5) is 0 Å². The van der Waals surface area contributed by atoms with E-state index in [1.807, 2.05) is 0 Å². The van der Waals surface area contributed by atoms with Gasteiger partial charge in [-0.05, 0) is 19.1 Å². The fourth-order valence-electron chi connectivity index (χ4n) is 1.19. The molecule has 2 N–H and O–H groups in total. The summed E-state index contributed by atoms with van der Waals surface area (Å²) in [5.41, 5.74) is 0.359. The van der Waals surface area contributed by atoms with Crippen molar-refractivity contribution in [3.05, 3.63) is 35.9 Å². The van der Waals surface area contributed by atoms with E-state index < -0.39 is 0 Å². The Labute approximate surface area is 91.3 Å². The van der Waals surface area contributed by atoms with Crippen LogP contribution in [0.1, 0.15) is 29.3 Å². The Morgan fingerprint density at radius 3 is 3.00 bits per heavy atom. The molecule has 0 saturated carbocycles. The maximum absolute atomic E-state index is 11.7. The van der Waals surface area contributed by atoms with Crippen LogP contribution in [0.5, 0.6) is 0 Å². The molecule has 2 aromatic rings. The standard InChI is InChI=1S/C9H10N6O/c1-6(8-12-14-15-13-8)11-9(16)7-4-2-3-5-10-7/h2-6H,1H3,(H,11,16)(H,12,13,14,15). The first kappa shape index (κ1) is 10.2. The lowest BCUT2D eigenvalue weighted by Gasteiger charge is -2.08. The molecular weight excluding hydrogens is 208 g/mol. The largest absolute Gasteiger partial charge is 0.341 e. The number of nitrogens with one attached hydrogen (secondary N) is 2. The summed E-state index contributed by atoms with van der Waals surface area (Å²) in [6, 6.07) is 4.83. The molecule has 1 unspecified atom stereocenters. The second-order valence-electron chi connectivity index (χ2n) is 3.18. The number of hydrogen-bond donors (Lipinski definition) is 2. The van der Waals surface area contributed by atoms with Gasteiger partial charge in [-0.25, -0.2) is 0 Å². The smallest absolute Gasteiger partial charge is 0.270 e. The number of nitrogens with zero attached hydrogens (tertiary/aromatic N) is 4. The highest BCUT2D eigenvalue weighted by Gasteiger charge is 2.14. The molecule has 1 amide bonds. The van der Waals surface area contributed by atoms with E-state index in [2.05, 4.69) is 30.9 Å². The minimum absolute atomic E-state index is 0.266. The highest BCUT2D eigenvalue weighted by atomic mass is 16.1. The van der Waals surface area contributed by atoms with E-state index in [0.717, 1.165) is 0 Å². The summed E-state index contributed by atoms with van der Waals surface area (Å²) >= 11 is 0. The Morgan fingerprint density at radius 1 is 1.50 bits per heavy atom. The van der Waals surface area contributed by atoms with E-state index in [9.17, 15) is 4.79 Å². The first-order chi connectivity index (χ1) is 7.77. The van der Waals surface area contributed by atoms with Gasteiger partial charge in [-0.3, -0.25) is 9.78 Å². The van der Waals surface area contributed by atoms with Crippen molar-refractivity contribution in [3.63, 3.8) is 0 Å². The highest BCUT2D eigenvalue weighted by molar-refractivity contribution is 5.92. The molecule has 0 saturated heterocycles. The van der Waals surface area contributed by atoms with E-state index in [1.165, 1.54) is 0 Å². The van der Waals surface area contributed by atoms with Gasteiger partial charge >= 0.3 is 0 Å². The number of carbonyl (C=O) groups is 1. The van der Waals surface area contributed by atoms with E-state index in [-0.39, 0.29) is 11.9 Å². The summed E-state index contributed by atoms with van der Waals surface area (Å²) in [5, 5.41) is 16.0. The van der Waals surface area contributed by atoms with Gasteiger partial charge in [0.15, 0.2) is 5.82 Å². The van der Waals surface area contributed by atoms with Crippen molar-refractivity contribution in [1.82, 2.24) is 30.9 Å². The zero-order valence-electron chi connectivity index (χ0n) is 8.58. The molecule has 1 atom stereocenters. The number of carbonyl (C=O) groups excluding carboxylic acids is 1. The number of amides is 1. The van der Waals surface area contributed by atoms with Crippen LogP contribution in [0.15, 0.2) is 24.4 Å². The molecular formula is C9H10N6O.